The van der Waals surface area contributed by atoms with Gasteiger partial charge in [-0.1, -0.05) is 26.0 Å². The summed E-state index contributed by atoms with van der Waals surface area (Å²) in [6, 6.07) is 7.52. The van der Waals surface area contributed by atoms with Gasteiger partial charge in [0.05, 0.1) is 5.75 Å². The molecule has 0 saturated heterocycles. The van der Waals surface area contributed by atoms with Gasteiger partial charge in [-0.15, -0.1) is 0 Å². The van der Waals surface area contributed by atoms with E-state index >= 15 is 0 Å². The summed E-state index contributed by atoms with van der Waals surface area (Å²) in [6.07, 6.45) is 0.884. The van der Waals surface area contributed by atoms with Crippen LogP contribution >= 0.6 is 0 Å². The molecule has 0 aliphatic carbocycles. The second kappa shape index (κ2) is 6.75. The van der Waals surface area contributed by atoms with Crippen molar-refractivity contribution in [2.45, 2.75) is 26.3 Å². The average Bonchev–Trinajstić information content (AvgIpc) is 2.38. The van der Waals surface area contributed by atoms with Crippen LogP contribution in [-0.2, 0) is 9.84 Å². The number of sulfone groups is 1. The molecule has 1 aromatic carbocycles. The standard InChI is InChI=1S/C13H21NO3S/c1-3-13(14)11-5-7-12(8-6-11)17-9-10-18(15,16)4-2/h5-8,13H,3-4,9-10,14H2,1-2H3. The number of nitrogens with two attached hydrogens (primary N) is 1. The van der Waals surface area contributed by atoms with Gasteiger partial charge in [-0.3, -0.25) is 0 Å². The molecule has 4 nitrogen and oxygen atoms in total. The third-order valence-corrected chi connectivity index (χ3v) is 4.52. The van der Waals surface area contributed by atoms with Gasteiger partial charge in [-0.2, -0.15) is 0 Å². The summed E-state index contributed by atoms with van der Waals surface area (Å²) < 4.78 is 27.9. The molecule has 0 heterocycles. The van der Waals surface area contributed by atoms with Crippen LogP contribution in [0.25, 0.3) is 0 Å². The fraction of sp³-hybridized carbons (Fsp3) is 0.538. The number of hydrogen-bond acceptors (Lipinski definition) is 4. The van der Waals surface area contributed by atoms with Gasteiger partial charge in [-0.05, 0) is 24.1 Å². The Morgan fingerprint density at radius 2 is 1.83 bits per heavy atom. The Morgan fingerprint density at radius 3 is 2.33 bits per heavy atom. The Balaban J connectivity index is 2.50. The third kappa shape index (κ3) is 4.66. The van der Waals surface area contributed by atoms with Gasteiger partial charge in [0.1, 0.15) is 12.4 Å². The Labute approximate surface area is 109 Å². The molecule has 1 atom stereocenters. The summed E-state index contributed by atoms with van der Waals surface area (Å²) in [5.74, 6) is 0.883. The molecule has 102 valence electrons. The number of benzene rings is 1. The lowest BCUT2D eigenvalue weighted by atomic mass is 10.1. The van der Waals surface area contributed by atoms with E-state index in [9.17, 15) is 8.42 Å². The first-order valence-corrected chi connectivity index (χ1v) is 7.99. The quantitative estimate of drug-likeness (QED) is 0.822. The van der Waals surface area contributed by atoms with Gasteiger partial charge in [-0.25, -0.2) is 8.42 Å². The molecule has 2 N–H and O–H groups in total. The van der Waals surface area contributed by atoms with E-state index in [1.54, 1.807) is 6.92 Å². The summed E-state index contributed by atoms with van der Waals surface area (Å²) in [4.78, 5) is 0. The van der Waals surface area contributed by atoms with Crippen LogP contribution in [0, 0.1) is 0 Å². The van der Waals surface area contributed by atoms with Crippen LogP contribution in [0.5, 0.6) is 5.75 Å². The molecule has 5 heteroatoms. The van der Waals surface area contributed by atoms with E-state index in [-0.39, 0.29) is 24.2 Å². The van der Waals surface area contributed by atoms with Crippen LogP contribution in [0.15, 0.2) is 24.3 Å². The van der Waals surface area contributed by atoms with Gasteiger partial charge < -0.3 is 10.5 Å². The van der Waals surface area contributed by atoms with Crippen LogP contribution in [0.3, 0.4) is 0 Å². The molecule has 1 aromatic rings. The zero-order chi connectivity index (χ0) is 13.6. The number of ether oxygens (including phenoxy) is 1. The first-order chi connectivity index (χ1) is 8.48. The highest BCUT2D eigenvalue weighted by molar-refractivity contribution is 7.91. The van der Waals surface area contributed by atoms with Crippen LogP contribution < -0.4 is 10.5 Å². The molecule has 0 amide bonds. The molecule has 18 heavy (non-hydrogen) atoms. The van der Waals surface area contributed by atoms with Crippen molar-refractivity contribution in [1.82, 2.24) is 0 Å². The van der Waals surface area contributed by atoms with Crippen molar-refractivity contribution in [3.05, 3.63) is 29.8 Å². The molecule has 0 bridgehead atoms. The molecule has 0 spiro atoms. The van der Waals surface area contributed by atoms with Gasteiger partial charge in [0.25, 0.3) is 0 Å². The maximum Gasteiger partial charge on any atom is 0.153 e. The largest absolute Gasteiger partial charge is 0.493 e. The van der Waals surface area contributed by atoms with Crippen molar-refractivity contribution in [1.29, 1.82) is 0 Å². The van der Waals surface area contributed by atoms with Crippen molar-refractivity contribution in [3.63, 3.8) is 0 Å². The molecular weight excluding hydrogens is 250 g/mol. The number of rotatable bonds is 7. The van der Waals surface area contributed by atoms with E-state index in [2.05, 4.69) is 0 Å². The molecule has 0 saturated carbocycles. The van der Waals surface area contributed by atoms with E-state index < -0.39 is 9.84 Å². The van der Waals surface area contributed by atoms with E-state index in [0.29, 0.717) is 5.75 Å². The van der Waals surface area contributed by atoms with Crippen molar-refractivity contribution < 1.29 is 13.2 Å². The van der Waals surface area contributed by atoms with Crippen LogP contribution in [-0.4, -0.2) is 26.5 Å². The topological polar surface area (TPSA) is 69.4 Å². The minimum atomic E-state index is -2.96. The zero-order valence-corrected chi connectivity index (χ0v) is 11.7. The summed E-state index contributed by atoms with van der Waals surface area (Å²) >= 11 is 0. The highest BCUT2D eigenvalue weighted by Crippen LogP contribution is 2.18. The lowest BCUT2D eigenvalue weighted by Crippen LogP contribution is -2.15. The van der Waals surface area contributed by atoms with Gasteiger partial charge >= 0.3 is 0 Å². The lowest BCUT2D eigenvalue weighted by molar-refractivity contribution is 0.340. The zero-order valence-electron chi connectivity index (χ0n) is 10.9. The minimum absolute atomic E-state index is 0.0412. The molecule has 0 fully saturated rings. The summed E-state index contributed by atoms with van der Waals surface area (Å²) in [5, 5.41) is 0. The third-order valence-electron chi connectivity index (χ3n) is 2.85. The maximum absolute atomic E-state index is 11.3. The second-order valence-corrected chi connectivity index (χ2v) is 6.64. The Bertz CT molecular complexity index is 454. The predicted molar refractivity (Wildman–Crippen MR) is 73.5 cm³/mol. The van der Waals surface area contributed by atoms with Gasteiger partial charge in [0, 0.05) is 11.8 Å². The van der Waals surface area contributed by atoms with E-state index in [0.717, 1.165) is 12.0 Å². The van der Waals surface area contributed by atoms with Crippen LogP contribution in [0.1, 0.15) is 31.9 Å². The number of hydrogen-bond donors (Lipinski definition) is 1. The molecule has 0 radical (unpaired) electrons. The highest BCUT2D eigenvalue weighted by Gasteiger charge is 2.07. The second-order valence-electron chi connectivity index (χ2n) is 4.17. The van der Waals surface area contributed by atoms with E-state index in [4.69, 9.17) is 10.5 Å². The fourth-order valence-electron chi connectivity index (χ4n) is 1.48. The first kappa shape index (κ1) is 15.0. The summed E-state index contributed by atoms with van der Waals surface area (Å²) in [7, 11) is -2.96. The van der Waals surface area contributed by atoms with Gasteiger partial charge in [0.2, 0.25) is 0 Å². The normalized spacial score (nSPS) is 13.3. The van der Waals surface area contributed by atoms with Crippen molar-refractivity contribution in [2.75, 3.05) is 18.1 Å². The Morgan fingerprint density at radius 1 is 1.22 bits per heavy atom. The van der Waals surface area contributed by atoms with Crippen LogP contribution in [0.4, 0.5) is 0 Å². The van der Waals surface area contributed by atoms with E-state index in [1.807, 2.05) is 31.2 Å². The maximum atomic E-state index is 11.3. The fourth-order valence-corrected chi connectivity index (χ4v) is 2.10. The minimum Gasteiger partial charge on any atom is -0.493 e. The van der Waals surface area contributed by atoms with Crippen molar-refractivity contribution >= 4 is 9.84 Å². The molecule has 1 unspecified atom stereocenters. The predicted octanol–water partition coefficient (Wildman–Crippen LogP) is 1.91. The summed E-state index contributed by atoms with van der Waals surface area (Å²) in [6.45, 7) is 3.86. The SMILES string of the molecule is CCC(N)c1ccc(OCCS(=O)(=O)CC)cc1. The Kier molecular flexibility index (Phi) is 5.62. The van der Waals surface area contributed by atoms with Crippen LogP contribution in [0.2, 0.25) is 0 Å². The molecule has 0 aromatic heterocycles. The monoisotopic (exact) mass is 271 g/mol. The Hall–Kier alpha value is -1.07. The van der Waals surface area contributed by atoms with Crippen molar-refractivity contribution in [3.8, 4) is 5.75 Å². The van der Waals surface area contributed by atoms with E-state index in [1.165, 1.54) is 0 Å². The summed E-state index contributed by atoms with van der Waals surface area (Å²) in [5.41, 5.74) is 6.96. The average molecular weight is 271 g/mol. The molecule has 0 aliphatic heterocycles. The lowest BCUT2D eigenvalue weighted by Gasteiger charge is -2.10. The highest BCUT2D eigenvalue weighted by atomic mass is 32.2. The van der Waals surface area contributed by atoms with Gasteiger partial charge in [0.15, 0.2) is 9.84 Å². The van der Waals surface area contributed by atoms with Crippen molar-refractivity contribution in [2.24, 2.45) is 5.73 Å². The molecular formula is C13H21NO3S. The first-order valence-electron chi connectivity index (χ1n) is 6.17. The smallest absolute Gasteiger partial charge is 0.153 e. The molecule has 1 rings (SSSR count). The molecule has 0 aliphatic rings.